The van der Waals surface area contributed by atoms with E-state index in [1.54, 1.807) is 0 Å². The van der Waals surface area contributed by atoms with Crippen molar-refractivity contribution in [3.8, 4) is 0 Å². The van der Waals surface area contributed by atoms with Crippen LogP contribution in [-0.4, -0.2) is 46.5 Å². The maximum atomic E-state index is 7.69. The molecular formula is CH3NaO3. The molecule has 26 valence electrons. The molecule has 0 aliphatic heterocycles. The minimum absolute atomic E-state index is 0.0255. The normalized spacial score (nSPS) is 12.2. The summed E-state index contributed by atoms with van der Waals surface area (Å²) in [7, 11) is 0. The molecule has 0 spiro atoms. The number of rotatable bonds is 0. The summed E-state index contributed by atoms with van der Waals surface area (Å²) in [4.78, 5) is 0. The number of hydrogen-bond acceptors (Lipinski definition) is 3. The van der Waals surface area contributed by atoms with Crippen LogP contribution >= 0.6 is 0 Å². The summed E-state index contributed by atoms with van der Waals surface area (Å²) in [5, 5.41) is 23.1. The Morgan fingerprint density at radius 3 is 1.20 bits per heavy atom. The van der Waals surface area contributed by atoms with E-state index in [1.165, 1.54) is 0 Å². The van der Waals surface area contributed by atoms with Crippen LogP contribution in [0.4, 0.5) is 0 Å². The van der Waals surface area contributed by atoms with Gasteiger partial charge in [0, 0.05) is 0 Å². The Morgan fingerprint density at radius 1 is 1.20 bits per heavy atom. The molecule has 0 aliphatic rings. The molecule has 0 aromatic carbocycles. The van der Waals surface area contributed by atoms with Crippen LogP contribution in [0.5, 0.6) is 0 Å². The molecule has 3 N–H and O–H groups in total. The molecule has 0 aliphatic carbocycles. The predicted octanol–water partition coefficient (Wildman–Crippen LogP) is -2.26. The molecule has 0 aromatic heterocycles. The van der Waals surface area contributed by atoms with Crippen LogP contribution < -0.4 is 0 Å². The standard InChI is InChI=1S/CH3O3.Na/c2-1(3)4;/h2-4H;. The Morgan fingerprint density at radius 2 is 1.20 bits per heavy atom. The quantitative estimate of drug-likeness (QED) is 0.230. The zero-order chi connectivity index (χ0) is 4.50. The van der Waals surface area contributed by atoms with Gasteiger partial charge in [-0.25, -0.2) is 0 Å². The zero-order valence-electron chi connectivity index (χ0n) is 2.84. The Balaban J connectivity index is 3.02. The van der Waals surface area contributed by atoms with Gasteiger partial charge in [-0.1, -0.05) is 0 Å². The minimum atomic E-state index is -2.36. The summed E-state index contributed by atoms with van der Waals surface area (Å²) in [5.41, 5.74) is 0. The van der Waals surface area contributed by atoms with Gasteiger partial charge < -0.3 is 0 Å². The van der Waals surface area contributed by atoms with Crippen LogP contribution in [0, 0.1) is 0 Å². The van der Waals surface area contributed by atoms with Crippen LogP contribution in [-0.2, 0) is 0 Å². The summed E-state index contributed by atoms with van der Waals surface area (Å²) in [6, 6.07) is 0. The fourth-order valence-corrected chi connectivity index (χ4v) is 0. The first-order valence-electron chi connectivity index (χ1n) is 1.17. The van der Waals surface area contributed by atoms with E-state index in [-0.39, 0.29) is 27.9 Å². The van der Waals surface area contributed by atoms with Crippen molar-refractivity contribution >= 4 is 27.9 Å². The number of aliphatic hydroxyl groups is 3. The summed E-state index contributed by atoms with van der Waals surface area (Å²) >= 11 is -0.0255. The molecule has 3 nitrogen and oxygen atoms in total. The molecule has 0 saturated heterocycles. The second-order valence-corrected chi connectivity index (χ2v) is 2.31. The van der Waals surface area contributed by atoms with E-state index >= 15 is 0 Å². The van der Waals surface area contributed by atoms with Crippen LogP contribution in [0.3, 0.4) is 0 Å². The Hall–Kier alpha value is 0.880. The zero-order valence-corrected chi connectivity index (χ0v) is 4.84. The molecule has 5 heavy (non-hydrogen) atoms. The fourth-order valence-electron chi connectivity index (χ4n) is 0. The average Bonchev–Trinajstić information content (AvgIpc) is 0.722. The van der Waals surface area contributed by atoms with Crippen molar-refractivity contribution in [2.45, 2.75) is 3.22 Å². The third-order valence-electron chi connectivity index (χ3n) is 0. The van der Waals surface area contributed by atoms with Crippen molar-refractivity contribution in [3.63, 3.8) is 0 Å². The molecule has 0 rings (SSSR count). The summed E-state index contributed by atoms with van der Waals surface area (Å²) in [6.07, 6.45) is 0. The molecule has 0 atom stereocenters. The third kappa shape index (κ3) is 52.3. The summed E-state index contributed by atoms with van der Waals surface area (Å²) in [6.45, 7) is 0. The van der Waals surface area contributed by atoms with Crippen molar-refractivity contribution < 1.29 is 15.3 Å². The Labute approximate surface area is 46.7 Å². The molecule has 4 heteroatoms. The first kappa shape index (κ1) is 5.88. The Kier molecular flexibility index (Phi) is 1.83. The van der Waals surface area contributed by atoms with Gasteiger partial charge in [0.1, 0.15) is 0 Å². The molecule has 0 unspecified atom stereocenters. The van der Waals surface area contributed by atoms with E-state index < -0.39 is 3.22 Å². The van der Waals surface area contributed by atoms with Gasteiger partial charge in [0.15, 0.2) is 0 Å². The average molecular weight is 86.0 g/mol. The first-order chi connectivity index (χ1) is 2.00. The van der Waals surface area contributed by atoms with Gasteiger partial charge in [-0.2, -0.15) is 0 Å². The van der Waals surface area contributed by atoms with Gasteiger partial charge in [0.05, 0.1) is 0 Å². The SMILES string of the molecule is O[C](O)(O)[Na]. The molecule has 0 bridgehead atoms. The van der Waals surface area contributed by atoms with Crippen molar-refractivity contribution in [1.29, 1.82) is 0 Å². The van der Waals surface area contributed by atoms with Crippen LogP contribution in [0.1, 0.15) is 0 Å². The van der Waals surface area contributed by atoms with E-state index in [1.807, 2.05) is 0 Å². The number of hydrogen-bond donors (Lipinski definition) is 3. The molecule has 0 fully saturated rings. The molecule has 0 aromatic rings. The maximum absolute atomic E-state index is 7.69. The van der Waals surface area contributed by atoms with Gasteiger partial charge in [0.25, 0.3) is 0 Å². The van der Waals surface area contributed by atoms with E-state index in [9.17, 15) is 0 Å². The van der Waals surface area contributed by atoms with Gasteiger partial charge in [-0.15, -0.1) is 0 Å². The van der Waals surface area contributed by atoms with Crippen molar-refractivity contribution in [3.05, 3.63) is 0 Å². The summed E-state index contributed by atoms with van der Waals surface area (Å²) < 4.78 is -2.36. The third-order valence-corrected chi connectivity index (χ3v) is 0. The monoisotopic (exact) mass is 86.0 g/mol. The van der Waals surface area contributed by atoms with Gasteiger partial charge in [-0.05, 0) is 0 Å². The van der Waals surface area contributed by atoms with E-state index in [4.69, 9.17) is 15.3 Å². The molecule has 0 amide bonds. The van der Waals surface area contributed by atoms with Crippen molar-refractivity contribution in [2.24, 2.45) is 0 Å². The molecule has 0 radical (unpaired) electrons. The van der Waals surface area contributed by atoms with Crippen LogP contribution in [0.2, 0.25) is 0 Å². The van der Waals surface area contributed by atoms with Gasteiger partial charge in [0.2, 0.25) is 0 Å². The predicted molar refractivity (Wildman–Crippen MR) is 15.1 cm³/mol. The summed E-state index contributed by atoms with van der Waals surface area (Å²) in [5.74, 6) is 0. The van der Waals surface area contributed by atoms with Crippen molar-refractivity contribution in [1.82, 2.24) is 0 Å². The Bertz CT molecular complexity index is 22.4. The molecule has 0 saturated carbocycles. The second-order valence-electron chi connectivity index (χ2n) is 0.971. The fraction of sp³-hybridized carbons (Fsp3) is 1.00. The van der Waals surface area contributed by atoms with E-state index in [0.717, 1.165) is 0 Å². The molecular weight excluding hydrogens is 83.0 g/mol. The molecule has 0 heterocycles. The first-order valence-corrected chi connectivity index (χ1v) is 2.17. The second kappa shape index (κ2) is 1.55. The van der Waals surface area contributed by atoms with Crippen LogP contribution in [0.25, 0.3) is 0 Å². The van der Waals surface area contributed by atoms with Crippen molar-refractivity contribution in [2.75, 3.05) is 0 Å². The van der Waals surface area contributed by atoms with Gasteiger partial charge in [-0.3, -0.25) is 0 Å². The van der Waals surface area contributed by atoms with Crippen LogP contribution in [0.15, 0.2) is 0 Å². The topological polar surface area (TPSA) is 60.7 Å². The van der Waals surface area contributed by atoms with Gasteiger partial charge >= 0.3 is 46.5 Å². The van der Waals surface area contributed by atoms with E-state index in [0.29, 0.717) is 0 Å². The van der Waals surface area contributed by atoms with E-state index in [2.05, 4.69) is 0 Å².